The molecular weight excluding hydrogens is 454 g/mol. The average Bonchev–Trinajstić information content (AvgIpc) is 2.70. The second-order valence-electron chi connectivity index (χ2n) is 5.78. The summed E-state index contributed by atoms with van der Waals surface area (Å²) < 4.78 is 0. The quantitative estimate of drug-likeness (QED) is 0.242. The van der Waals surface area contributed by atoms with Gasteiger partial charge in [-0.3, -0.25) is 4.79 Å². The fourth-order valence-corrected chi connectivity index (χ4v) is 1.80. The fraction of sp³-hybridized carbons (Fsp3) is 0.188. The molecule has 0 amide bonds. The molecule has 0 bridgehead atoms. The number of nitrogens with zero attached hydrogens (tertiary/aromatic N) is 4. The van der Waals surface area contributed by atoms with Crippen molar-refractivity contribution in [2.45, 2.75) is 18.4 Å². The molecule has 0 unspecified atom stereocenters. The minimum absolute atomic E-state index is 0.160. The smallest absolute Gasteiger partial charge is 0.508 e. The molecule has 17 nitrogen and oxygen atoms in total. The Labute approximate surface area is 182 Å². The van der Waals surface area contributed by atoms with E-state index in [2.05, 4.69) is 0 Å². The highest BCUT2D eigenvalue weighted by molar-refractivity contribution is 5.73. The summed E-state index contributed by atoms with van der Waals surface area (Å²) in [7, 11) is 0. The maximum atomic E-state index is 10.4. The van der Waals surface area contributed by atoms with Crippen molar-refractivity contribution in [2.24, 2.45) is 5.73 Å². The van der Waals surface area contributed by atoms with Crippen LogP contribution in [0.3, 0.4) is 0 Å². The number of nitrogens with two attached hydrogens (primary N) is 1. The predicted molar refractivity (Wildman–Crippen MR) is 106 cm³/mol. The van der Waals surface area contributed by atoms with Gasteiger partial charge in [0.1, 0.15) is 17.5 Å². The van der Waals surface area contributed by atoms with Gasteiger partial charge in [-0.2, -0.15) is 0 Å². The molecule has 2 rings (SSSR count). The summed E-state index contributed by atoms with van der Waals surface area (Å²) >= 11 is 0. The minimum atomic E-state index is -4.61. The summed E-state index contributed by atoms with van der Waals surface area (Å²) in [4.78, 5) is 41.0. The normalized spacial score (nSPS) is 10.8. The van der Waals surface area contributed by atoms with E-state index >= 15 is 0 Å². The second-order valence-corrected chi connectivity index (χ2v) is 5.78. The highest BCUT2D eigenvalue weighted by Gasteiger charge is 2.85. The number of aromatic hydroxyl groups is 2. The van der Waals surface area contributed by atoms with Gasteiger partial charge in [0.15, 0.2) is 0 Å². The van der Waals surface area contributed by atoms with Crippen molar-refractivity contribution in [3.05, 3.63) is 101 Å². The molecule has 2 aromatic rings. The first-order chi connectivity index (χ1) is 15.3. The molecule has 0 aromatic heterocycles. The van der Waals surface area contributed by atoms with Crippen LogP contribution in [0, 0.1) is 40.5 Å². The number of hydrogen-bond donors (Lipinski definition) is 4. The highest BCUT2D eigenvalue weighted by Crippen LogP contribution is 2.12. The van der Waals surface area contributed by atoms with E-state index in [9.17, 15) is 45.3 Å². The Bertz CT molecular complexity index is 922. The second kappa shape index (κ2) is 12.7. The predicted octanol–water partition coefficient (Wildman–Crippen LogP) is 0.443. The van der Waals surface area contributed by atoms with E-state index < -0.39 is 37.6 Å². The zero-order valence-corrected chi connectivity index (χ0v) is 16.4. The Morgan fingerprint density at radius 2 is 1.15 bits per heavy atom. The number of nitro groups is 4. The number of phenolic OH excluding ortho intramolecular Hbond substituents is 2. The molecule has 0 aliphatic carbocycles. The number of hydrogen-bond acceptors (Lipinski definition) is 12. The summed E-state index contributed by atoms with van der Waals surface area (Å²) in [5, 5.41) is 65.4. The molecule has 5 N–H and O–H groups in total. The van der Waals surface area contributed by atoms with Crippen LogP contribution in [0.5, 0.6) is 11.5 Å². The third kappa shape index (κ3) is 8.38. The molecule has 0 aliphatic rings. The summed E-state index contributed by atoms with van der Waals surface area (Å²) in [5.41, 5.74) is 6.12. The van der Waals surface area contributed by atoms with Crippen LogP contribution in [-0.4, -0.2) is 52.9 Å². The fourth-order valence-electron chi connectivity index (χ4n) is 1.80. The maximum Gasteiger partial charge on any atom is 0.955 e. The SMILES string of the molecule is N[C@@H](Cc1ccc(O)cc1)C(=O)O.O=[N+]([O-])C([N+](=O)[O-])([N+](=O)[O-])[N+](=O)[O-].Oc1ccccc1. The first kappa shape index (κ1) is 28.1. The third-order valence-electron chi connectivity index (χ3n) is 3.45. The Morgan fingerprint density at radius 1 is 0.788 bits per heavy atom. The zero-order chi connectivity index (χ0) is 25.8. The van der Waals surface area contributed by atoms with Gasteiger partial charge in [-0.15, -0.1) is 0 Å². The number of carbonyl (C=O) groups is 1. The van der Waals surface area contributed by atoms with E-state index in [1.54, 1.807) is 36.4 Å². The lowest BCUT2D eigenvalue weighted by Gasteiger charge is -2.05. The van der Waals surface area contributed by atoms with Crippen LogP contribution in [0.2, 0.25) is 0 Å². The van der Waals surface area contributed by atoms with Gasteiger partial charge in [0.2, 0.25) is 0 Å². The minimum Gasteiger partial charge on any atom is -0.508 e. The lowest BCUT2D eigenvalue weighted by molar-refractivity contribution is -1.11. The molecule has 0 saturated carbocycles. The average molecular weight is 471 g/mol. The van der Waals surface area contributed by atoms with Gasteiger partial charge in [-0.25, -0.2) is 40.5 Å². The monoisotopic (exact) mass is 471 g/mol. The Balaban J connectivity index is 0.000000486. The first-order valence-electron chi connectivity index (χ1n) is 8.35. The van der Waals surface area contributed by atoms with E-state index in [1.165, 1.54) is 12.1 Å². The van der Waals surface area contributed by atoms with Crippen LogP contribution >= 0.6 is 0 Å². The Kier molecular flexibility index (Phi) is 10.8. The van der Waals surface area contributed by atoms with Crippen LogP contribution in [0.1, 0.15) is 5.56 Å². The van der Waals surface area contributed by atoms with E-state index in [-0.39, 0.29) is 12.2 Å². The summed E-state index contributed by atoms with van der Waals surface area (Å²) in [6.07, 6.45) is 0.273. The number of aliphatic carboxylic acids is 1. The molecule has 1 atom stereocenters. The van der Waals surface area contributed by atoms with Crippen molar-refractivity contribution < 1.29 is 39.8 Å². The van der Waals surface area contributed by atoms with Crippen LogP contribution in [0.25, 0.3) is 0 Å². The standard InChI is InChI=1S/C9H11NO3.C6H6O.CN4O8/c10-8(9(12)13)5-6-1-3-7(11)4-2-6;7-6-4-2-1-3-5-6;6-2(7)1(3(8)9,4(10)11)5(12)13/h1-4,8,11H,5,10H2,(H,12,13);1-5,7H;/t8-;;/m0../s1. The molecular formula is C16H17N5O12. The molecule has 0 aliphatic heterocycles. The van der Waals surface area contributed by atoms with Crippen LogP contribution < -0.4 is 5.73 Å². The lowest BCUT2D eigenvalue weighted by atomic mass is 10.1. The molecule has 0 fully saturated rings. The van der Waals surface area contributed by atoms with Gasteiger partial charge in [0.25, 0.3) is 19.7 Å². The summed E-state index contributed by atoms with van der Waals surface area (Å²) in [6, 6.07) is 14.1. The number of rotatable bonds is 7. The van der Waals surface area contributed by atoms with Gasteiger partial charge >= 0.3 is 11.9 Å². The number of carboxylic acid groups (broad SMARTS) is 1. The number of para-hydroxylation sites is 1. The van der Waals surface area contributed by atoms with Crippen molar-refractivity contribution in [3.63, 3.8) is 0 Å². The van der Waals surface area contributed by atoms with Gasteiger partial charge in [-0.05, 0) is 36.2 Å². The topological polar surface area (TPSA) is 276 Å². The summed E-state index contributed by atoms with van der Waals surface area (Å²) in [6.45, 7) is 0. The molecule has 2 aromatic carbocycles. The van der Waals surface area contributed by atoms with E-state index in [4.69, 9.17) is 21.1 Å². The van der Waals surface area contributed by atoms with Gasteiger partial charge < -0.3 is 21.1 Å². The number of carboxylic acids is 1. The van der Waals surface area contributed by atoms with Crippen LogP contribution in [0.4, 0.5) is 0 Å². The zero-order valence-electron chi connectivity index (χ0n) is 16.4. The van der Waals surface area contributed by atoms with Crippen LogP contribution in [-0.2, 0) is 11.2 Å². The summed E-state index contributed by atoms with van der Waals surface area (Å²) in [5.74, 6) is -5.15. The Hall–Kier alpha value is -4.93. The van der Waals surface area contributed by atoms with Crippen molar-refractivity contribution in [3.8, 4) is 11.5 Å². The third-order valence-corrected chi connectivity index (χ3v) is 3.45. The molecule has 178 valence electrons. The molecule has 33 heavy (non-hydrogen) atoms. The largest absolute Gasteiger partial charge is 0.955 e. The molecule has 0 radical (unpaired) electrons. The van der Waals surface area contributed by atoms with Crippen LogP contribution in [0.15, 0.2) is 54.6 Å². The van der Waals surface area contributed by atoms with Gasteiger partial charge in [0, 0.05) is 0 Å². The van der Waals surface area contributed by atoms with Crippen molar-refractivity contribution in [1.82, 2.24) is 0 Å². The van der Waals surface area contributed by atoms with E-state index in [1.807, 2.05) is 6.07 Å². The molecule has 0 spiro atoms. The van der Waals surface area contributed by atoms with Crippen molar-refractivity contribution in [2.75, 3.05) is 0 Å². The molecule has 0 saturated heterocycles. The van der Waals surface area contributed by atoms with Gasteiger partial charge in [0.05, 0.1) is 0 Å². The van der Waals surface area contributed by atoms with E-state index in [0.717, 1.165) is 5.56 Å². The highest BCUT2D eigenvalue weighted by atomic mass is 16.8. The first-order valence-corrected chi connectivity index (χ1v) is 8.35. The van der Waals surface area contributed by atoms with E-state index in [0.29, 0.717) is 5.75 Å². The molecule has 17 heteroatoms. The van der Waals surface area contributed by atoms with Gasteiger partial charge in [-0.1, -0.05) is 30.3 Å². The molecule has 0 heterocycles. The lowest BCUT2D eigenvalue weighted by Crippen LogP contribution is -2.59. The Morgan fingerprint density at radius 3 is 1.39 bits per heavy atom. The maximum absolute atomic E-state index is 10.4. The van der Waals surface area contributed by atoms with Crippen molar-refractivity contribution >= 4 is 5.97 Å². The van der Waals surface area contributed by atoms with Crippen molar-refractivity contribution in [1.29, 1.82) is 0 Å². The number of phenols is 2. The number of benzene rings is 2.